The highest BCUT2D eigenvalue weighted by Gasteiger charge is 2.20. The predicted octanol–water partition coefficient (Wildman–Crippen LogP) is 2.40. The molecule has 0 radical (unpaired) electrons. The Labute approximate surface area is 119 Å². The van der Waals surface area contributed by atoms with E-state index in [2.05, 4.69) is 20.6 Å². The van der Waals surface area contributed by atoms with Gasteiger partial charge in [-0.3, -0.25) is 0 Å². The van der Waals surface area contributed by atoms with Crippen LogP contribution in [0, 0.1) is 11.7 Å². The molecule has 6 heteroatoms. The lowest BCUT2D eigenvalue weighted by atomic mass is 9.87. The van der Waals surface area contributed by atoms with Gasteiger partial charge in [0.05, 0.1) is 12.3 Å². The molecule has 1 heterocycles. The van der Waals surface area contributed by atoms with E-state index in [-0.39, 0.29) is 11.9 Å². The van der Waals surface area contributed by atoms with Gasteiger partial charge in [-0.2, -0.15) is 4.98 Å². The Morgan fingerprint density at radius 1 is 1.40 bits per heavy atom. The molecule has 1 aromatic heterocycles. The minimum atomic E-state index is -0.441. The molecule has 0 aromatic carbocycles. The first-order valence-electron chi connectivity index (χ1n) is 7.37. The number of nitrogens with zero attached hydrogens (tertiary/aromatic N) is 2. The lowest BCUT2D eigenvalue weighted by Crippen LogP contribution is -2.25. The van der Waals surface area contributed by atoms with Gasteiger partial charge in [0.2, 0.25) is 5.95 Å². The number of nitrogens with one attached hydrogen (secondary N) is 2. The number of hydrogen-bond acceptors (Lipinski definition) is 5. The fraction of sp³-hybridized carbons (Fsp3) is 0.714. The first-order chi connectivity index (χ1) is 9.69. The van der Waals surface area contributed by atoms with Gasteiger partial charge in [0.1, 0.15) is 0 Å². The maximum Gasteiger partial charge on any atom is 0.224 e. The normalized spacial score (nSPS) is 22.6. The largest absolute Gasteiger partial charge is 0.393 e. The van der Waals surface area contributed by atoms with Crippen LogP contribution in [-0.4, -0.2) is 34.3 Å². The number of aliphatic hydroxyl groups is 1. The number of aliphatic hydroxyl groups excluding tert-OH is 1. The monoisotopic (exact) mass is 282 g/mol. The topological polar surface area (TPSA) is 70.1 Å². The molecule has 1 aliphatic rings. The summed E-state index contributed by atoms with van der Waals surface area (Å²) in [6.07, 6.45) is 5.68. The SMILES string of the molecule is CCCNc1ncc(F)c(NCC2CCCC(O)C2)n1. The number of anilines is 2. The molecule has 1 aromatic rings. The first-order valence-corrected chi connectivity index (χ1v) is 7.37. The van der Waals surface area contributed by atoms with Gasteiger partial charge in [-0.15, -0.1) is 0 Å². The van der Waals surface area contributed by atoms with Gasteiger partial charge in [-0.05, 0) is 31.6 Å². The zero-order valence-electron chi connectivity index (χ0n) is 11.9. The summed E-state index contributed by atoms with van der Waals surface area (Å²) in [5.41, 5.74) is 0. The van der Waals surface area contributed by atoms with Crippen molar-refractivity contribution in [2.75, 3.05) is 23.7 Å². The van der Waals surface area contributed by atoms with E-state index in [9.17, 15) is 9.50 Å². The quantitative estimate of drug-likeness (QED) is 0.747. The summed E-state index contributed by atoms with van der Waals surface area (Å²) in [5, 5.41) is 15.7. The van der Waals surface area contributed by atoms with Gasteiger partial charge in [-0.1, -0.05) is 13.3 Å². The van der Waals surface area contributed by atoms with Crippen molar-refractivity contribution in [1.29, 1.82) is 0 Å². The van der Waals surface area contributed by atoms with Crippen LogP contribution in [0.25, 0.3) is 0 Å². The molecule has 112 valence electrons. The van der Waals surface area contributed by atoms with E-state index in [1.165, 1.54) is 6.20 Å². The molecular formula is C14H23FN4O. The van der Waals surface area contributed by atoms with Crippen LogP contribution in [0.1, 0.15) is 39.0 Å². The predicted molar refractivity (Wildman–Crippen MR) is 77.2 cm³/mol. The summed E-state index contributed by atoms with van der Waals surface area (Å²) in [5.74, 6) is 0.613. The summed E-state index contributed by atoms with van der Waals surface area (Å²) in [4.78, 5) is 8.05. The standard InChI is InChI=1S/C14H23FN4O/c1-2-6-16-14-18-9-12(15)13(19-14)17-8-10-4-3-5-11(20)7-10/h9-11,20H,2-8H2,1H3,(H2,16,17,18,19). The van der Waals surface area contributed by atoms with Gasteiger partial charge in [0.25, 0.3) is 0 Å². The van der Waals surface area contributed by atoms with Crippen LogP contribution in [0.5, 0.6) is 0 Å². The van der Waals surface area contributed by atoms with Crippen LogP contribution >= 0.6 is 0 Å². The average Bonchev–Trinajstić information content (AvgIpc) is 2.45. The summed E-state index contributed by atoms with van der Waals surface area (Å²) in [6.45, 7) is 3.45. The third kappa shape index (κ3) is 4.30. The van der Waals surface area contributed by atoms with Crippen molar-refractivity contribution in [3.05, 3.63) is 12.0 Å². The minimum absolute atomic E-state index is 0.215. The Bertz CT molecular complexity index is 430. The fourth-order valence-corrected chi connectivity index (χ4v) is 2.50. The van der Waals surface area contributed by atoms with E-state index < -0.39 is 5.82 Å². The molecule has 1 saturated carbocycles. The van der Waals surface area contributed by atoms with Crippen LogP contribution in [-0.2, 0) is 0 Å². The lowest BCUT2D eigenvalue weighted by Gasteiger charge is -2.26. The molecule has 0 aliphatic heterocycles. The number of hydrogen-bond donors (Lipinski definition) is 3. The van der Waals surface area contributed by atoms with Crippen molar-refractivity contribution in [2.45, 2.75) is 45.1 Å². The third-order valence-corrected chi connectivity index (χ3v) is 3.59. The van der Waals surface area contributed by atoms with Crippen LogP contribution < -0.4 is 10.6 Å². The smallest absolute Gasteiger partial charge is 0.224 e. The molecule has 20 heavy (non-hydrogen) atoms. The van der Waals surface area contributed by atoms with Crippen molar-refractivity contribution in [2.24, 2.45) is 5.92 Å². The van der Waals surface area contributed by atoms with E-state index in [4.69, 9.17) is 0 Å². The Hall–Kier alpha value is -1.43. The van der Waals surface area contributed by atoms with Crippen molar-refractivity contribution in [1.82, 2.24) is 9.97 Å². The van der Waals surface area contributed by atoms with E-state index >= 15 is 0 Å². The van der Waals surface area contributed by atoms with Gasteiger partial charge < -0.3 is 15.7 Å². The van der Waals surface area contributed by atoms with E-state index in [1.807, 2.05) is 6.92 Å². The second kappa shape index (κ2) is 7.38. The van der Waals surface area contributed by atoms with Crippen LogP contribution in [0.15, 0.2) is 6.20 Å². The summed E-state index contributed by atoms with van der Waals surface area (Å²) in [7, 11) is 0. The van der Waals surface area contributed by atoms with Gasteiger partial charge >= 0.3 is 0 Å². The molecule has 1 aliphatic carbocycles. The number of halogens is 1. The van der Waals surface area contributed by atoms with Crippen molar-refractivity contribution >= 4 is 11.8 Å². The molecule has 5 nitrogen and oxygen atoms in total. The number of rotatable bonds is 6. The Morgan fingerprint density at radius 3 is 3.00 bits per heavy atom. The average molecular weight is 282 g/mol. The highest BCUT2D eigenvalue weighted by Crippen LogP contribution is 2.24. The van der Waals surface area contributed by atoms with Crippen LogP contribution in [0.4, 0.5) is 16.2 Å². The van der Waals surface area contributed by atoms with Crippen molar-refractivity contribution in [3.63, 3.8) is 0 Å². The molecule has 2 rings (SSSR count). The second-order valence-electron chi connectivity index (χ2n) is 5.38. The van der Waals surface area contributed by atoms with Gasteiger partial charge in [-0.25, -0.2) is 9.37 Å². The minimum Gasteiger partial charge on any atom is -0.393 e. The zero-order chi connectivity index (χ0) is 14.4. The van der Waals surface area contributed by atoms with Gasteiger partial charge in [0, 0.05) is 13.1 Å². The molecular weight excluding hydrogens is 259 g/mol. The number of aromatic nitrogens is 2. The molecule has 3 N–H and O–H groups in total. The molecule has 2 unspecified atom stereocenters. The Kier molecular flexibility index (Phi) is 5.52. The second-order valence-corrected chi connectivity index (χ2v) is 5.38. The molecule has 0 bridgehead atoms. The first kappa shape index (κ1) is 15.0. The van der Waals surface area contributed by atoms with Gasteiger partial charge in [0.15, 0.2) is 11.6 Å². The summed E-state index contributed by atoms with van der Waals surface area (Å²) >= 11 is 0. The molecule has 0 spiro atoms. The summed E-state index contributed by atoms with van der Waals surface area (Å²) < 4.78 is 13.7. The van der Waals surface area contributed by atoms with E-state index in [0.29, 0.717) is 18.4 Å². The maximum atomic E-state index is 13.7. The Balaban J connectivity index is 1.90. The Morgan fingerprint density at radius 2 is 2.25 bits per heavy atom. The highest BCUT2D eigenvalue weighted by molar-refractivity contribution is 5.41. The highest BCUT2D eigenvalue weighted by atomic mass is 19.1. The lowest BCUT2D eigenvalue weighted by molar-refractivity contribution is 0.104. The molecule has 0 saturated heterocycles. The van der Waals surface area contributed by atoms with E-state index in [0.717, 1.165) is 38.6 Å². The fourth-order valence-electron chi connectivity index (χ4n) is 2.50. The summed E-state index contributed by atoms with van der Waals surface area (Å²) in [6, 6.07) is 0. The zero-order valence-corrected chi connectivity index (χ0v) is 11.9. The van der Waals surface area contributed by atoms with Crippen molar-refractivity contribution in [3.8, 4) is 0 Å². The van der Waals surface area contributed by atoms with Crippen LogP contribution in [0.3, 0.4) is 0 Å². The molecule has 1 fully saturated rings. The van der Waals surface area contributed by atoms with Crippen molar-refractivity contribution < 1.29 is 9.50 Å². The maximum absolute atomic E-state index is 13.7. The molecule has 0 amide bonds. The van der Waals surface area contributed by atoms with E-state index in [1.54, 1.807) is 0 Å². The molecule has 2 atom stereocenters. The third-order valence-electron chi connectivity index (χ3n) is 3.59. The van der Waals surface area contributed by atoms with Crippen LogP contribution in [0.2, 0.25) is 0 Å².